The number of rotatable bonds is 9. The number of nitrogens with one attached hydrogen (secondary N) is 1. The SMILES string of the molecule is CC[C@H](NC(=O)CN(c1ccc(OC)c(Cl)c1)S(C)(=O)=O)c1ccc(OC)c(C)c1. The van der Waals surface area contributed by atoms with Crippen LogP contribution in [0.4, 0.5) is 5.69 Å². The van der Waals surface area contributed by atoms with Crippen LogP contribution in [-0.4, -0.2) is 41.3 Å². The van der Waals surface area contributed by atoms with E-state index in [0.29, 0.717) is 12.2 Å². The standard InChI is InChI=1S/C21H27ClN2O5S/c1-6-18(15-7-9-19(28-3)14(2)11-15)23-21(25)13-24(30(5,26)27)16-8-10-20(29-4)17(22)12-16/h7-12,18H,6,13H2,1-5H3,(H,23,25)/t18-/m0/s1. The van der Waals surface area contributed by atoms with Gasteiger partial charge in [0.05, 0.1) is 37.2 Å². The molecule has 1 N–H and O–H groups in total. The molecule has 0 aliphatic rings. The lowest BCUT2D eigenvalue weighted by atomic mass is 10.0. The zero-order valence-corrected chi connectivity index (χ0v) is 19.3. The van der Waals surface area contributed by atoms with Crippen molar-refractivity contribution in [3.63, 3.8) is 0 Å². The zero-order chi connectivity index (χ0) is 22.5. The first-order valence-corrected chi connectivity index (χ1v) is 11.6. The van der Waals surface area contributed by atoms with Crippen LogP contribution < -0.4 is 19.1 Å². The molecule has 30 heavy (non-hydrogen) atoms. The van der Waals surface area contributed by atoms with Gasteiger partial charge in [-0.3, -0.25) is 9.10 Å². The summed E-state index contributed by atoms with van der Waals surface area (Å²) in [6, 6.07) is 9.98. The first-order chi connectivity index (χ1) is 14.1. The second-order valence-corrected chi connectivity index (χ2v) is 9.16. The van der Waals surface area contributed by atoms with Crippen molar-refractivity contribution < 1.29 is 22.7 Å². The molecule has 1 amide bonds. The maximum atomic E-state index is 12.7. The third-order valence-electron chi connectivity index (χ3n) is 4.68. The lowest BCUT2D eigenvalue weighted by Gasteiger charge is -2.24. The molecule has 0 spiro atoms. The lowest BCUT2D eigenvalue weighted by molar-refractivity contribution is -0.120. The average Bonchev–Trinajstić information content (AvgIpc) is 2.69. The summed E-state index contributed by atoms with van der Waals surface area (Å²) in [6.07, 6.45) is 1.69. The minimum absolute atomic E-state index is 0.254. The minimum atomic E-state index is -3.72. The van der Waals surface area contributed by atoms with Gasteiger partial charge in [0.25, 0.3) is 0 Å². The first kappa shape index (κ1) is 23.8. The Bertz CT molecular complexity index is 1010. The zero-order valence-electron chi connectivity index (χ0n) is 17.7. The lowest BCUT2D eigenvalue weighted by Crippen LogP contribution is -2.41. The number of aryl methyl sites for hydroxylation is 1. The van der Waals surface area contributed by atoms with Crippen LogP contribution >= 0.6 is 11.6 Å². The van der Waals surface area contributed by atoms with Crippen molar-refractivity contribution in [3.05, 3.63) is 52.5 Å². The van der Waals surface area contributed by atoms with E-state index in [1.165, 1.54) is 13.2 Å². The molecule has 0 fully saturated rings. The second kappa shape index (κ2) is 10.0. The van der Waals surface area contributed by atoms with Crippen LogP contribution in [0, 0.1) is 6.92 Å². The molecule has 2 aromatic rings. The number of hydrogen-bond acceptors (Lipinski definition) is 5. The number of carbonyl (C=O) groups excluding carboxylic acids is 1. The average molecular weight is 455 g/mol. The minimum Gasteiger partial charge on any atom is -0.496 e. The molecular weight excluding hydrogens is 428 g/mol. The van der Waals surface area contributed by atoms with Crippen LogP contribution in [0.25, 0.3) is 0 Å². The van der Waals surface area contributed by atoms with E-state index in [0.717, 1.165) is 27.4 Å². The van der Waals surface area contributed by atoms with Crippen molar-refractivity contribution in [1.82, 2.24) is 5.32 Å². The molecule has 0 aliphatic carbocycles. The van der Waals surface area contributed by atoms with Crippen LogP contribution in [-0.2, 0) is 14.8 Å². The summed E-state index contributed by atoms with van der Waals surface area (Å²) in [4.78, 5) is 12.7. The molecule has 2 aromatic carbocycles. The molecule has 0 aromatic heterocycles. The smallest absolute Gasteiger partial charge is 0.241 e. The fraction of sp³-hybridized carbons (Fsp3) is 0.381. The maximum absolute atomic E-state index is 12.7. The Morgan fingerprint density at radius 1 is 1.13 bits per heavy atom. The molecule has 0 saturated heterocycles. The number of sulfonamides is 1. The van der Waals surface area contributed by atoms with E-state index in [1.54, 1.807) is 19.2 Å². The largest absolute Gasteiger partial charge is 0.496 e. The highest BCUT2D eigenvalue weighted by molar-refractivity contribution is 7.92. The molecule has 0 bridgehead atoms. The second-order valence-electron chi connectivity index (χ2n) is 6.85. The Morgan fingerprint density at radius 2 is 1.77 bits per heavy atom. The van der Waals surface area contributed by atoms with Crippen LogP contribution in [0.1, 0.15) is 30.5 Å². The Kier molecular flexibility index (Phi) is 7.97. The Labute approximate surface area is 183 Å². The third kappa shape index (κ3) is 5.79. The molecule has 0 unspecified atom stereocenters. The normalized spacial score (nSPS) is 12.2. The number of methoxy groups -OCH3 is 2. The fourth-order valence-corrected chi connectivity index (χ4v) is 4.22. The van der Waals surface area contributed by atoms with E-state index in [-0.39, 0.29) is 23.3 Å². The highest BCUT2D eigenvalue weighted by atomic mass is 35.5. The van der Waals surface area contributed by atoms with Gasteiger partial charge in [0.15, 0.2) is 0 Å². The summed E-state index contributed by atoms with van der Waals surface area (Å²) in [7, 11) is -0.646. The topological polar surface area (TPSA) is 84.9 Å². The van der Waals surface area contributed by atoms with Gasteiger partial charge < -0.3 is 14.8 Å². The fourth-order valence-electron chi connectivity index (χ4n) is 3.12. The first-order valence-electron chi connectivity index (χ1n) is 9.35. The van der Waals surface area contributed by atoms with Gasteiger partial charge >= 0.3 is 0 Å². The summed E-state index contributed by atoms with van der Waals surface area (Å²) >= 11 is 6.13. The summed E-state index contributed by atoms with van der Waals surface area (Å²) in [5, 5.41) is 3.17. The number of ether oxygens (including phenoxy) is 2. The number of amides is 1. The summed E-state index contributed by atoms with van der Waals surface area (Å²) in [5.74, 6) is 0.756. The van der Waals surface area contributed by atoms with Crippen molar-refractivity contribution in [2.24, 2.45) is 0 Å². The Morgan fingerprint density at radius 3 is 2.27 bits per heavy atom. The number of hydrogen-bond donors (Lipinski definition) is 1. The number of anilines is 1. The molecule has 0 radical (unpaired) electrons. The number of nitrogens with zero attached hydrogens (tertiary/aromatic N) is 1. The summed E-state index contributed by atoms with van der Waals surface area (Å²) < 4.78 is 36.1. The van der Waals surface area contributed by atoms with Gasteiger partial charge in [-0.05, 0) is 48.7 Å². The van der Waals surface area contributed by atoms with Gasteiger partial charge in [0.1, 0.15) is 18.0 Å². The number of carbonyl (C=O) groups is 1. The van der Waals surface area contributed by atoms with Crippen LogP contribution in [0.5, 0.6) is 11.5 Å². The summed E-state index contributed by atoms with van der Waals surface area (Å²) in [5.41, 5.74) is 2.16. The molecule has 2 rings (SSSR count). The molecule has 164 valence electrons. The number of benzene rings is 2. The van der Waals surface area contributed by atoms with Crippen molar-refractivity contribution in [2.75, 3.05) is 31.3 Å². The van der Waals surface area contributed by atoms with Gasteiger partial charge in [0.2, 0.25) is 15.9 Å². The molecule has 0 aliphatic heterocycles. The van der Waals surface area contributed by atoms with Gasteiger partial charge in [-0.2, -0.15) is 0 Å². The van der Waals surface area contributed by atoms with Gasteiger partial charge in [0, 0.05) is 0 Å². The van der Waals surface area contributed by atoms with E-state index in [9.17, 15) is 13.2 Å². The van der Waals surface area contributed by atoms with Gasteiger partial charge in [-0.15, -0.1) is 0 Å². The molecule has 1 atom stereocenters. The third-order valence-corrected chi connectivity index (χ3v) is 6.11. The van der Waals surface area contributed by atoms with Crippen molar-refractivity contribution >= 4 is 33.2 Å². The van der Waals surface area contributed by atoms with Crippen molar-refractivity contribution in [1.29, 1.82) is 0 Å². The van der Waals surface area contributed by atoms with E-state index >= 15 is 0 Å². The molecule has 0 saturated carbocycles. The monoisotopic (exact) mass is 454 g/mol. The van der Waals surface area contributed by atoms with E-state index in [4.69, 9.17) is 21.1 Å². The highest BCUT2D eigenvalue weighted by Gasteiger charge is 2.23. The van der Waals surface area contributed by atoms with E-state index in [1.807, 2.05) is 32.0 Å². The van der Waals surface area contributed by atoms with Crippen LogP contribution in [0.2, 0.25) is 5.02 Å². The van der Waals surface area contributed by atoms with Gasteiger partial charge in [-0.1, -0.05) is 30.7 Å². The van der Waals surface area contributed by atoms with Crippen LogP contribution in [0.3, 0.4) is 0 Å². The predicted octanol–water partition coefficient (Wildman–Crippen LogP) is 3.70. The molecule has 9 heteroatoms. The molecule has 0 heterocycles. The van der Waals surface area contributed by atoms with Crippen molar-refractivity contribution in [2.45, 2.75) is 26.3 Å². The van der Waals surface area contributed by atoms with Crippen LogP contribution in [0.15, 0.2) is 36.4 Å². The maximum Gasteiger partial charge on any atom is 0.241 e. The quantitative estimate of drug-likeness (QED) is 0.624. The highest BCUT2D eigenvalue weighted by Crippen LogP contribution is 2.30. The van der Waals surface area contributed by atoms with E-state index in [2.05, 4.69) is 5.32 Å². The van der Waals surface area contributed by atoms with Crippen molar-refractivity contribution in [3.8, 4) is 11.5 Å². The number of halogens is 1. The van der Waals surface area contributed by atoms with Gasteiger partial charge in [-0.25, -0.2) is 8.42 Å². The molecule has 7 nitrogen and oxygen atoms in total. The predicted molar refractivity (Wildman–Crippen MR) is 119 cm³/mol. The Hall–Kier alpha value is -2.45. The summed E-state index contributed by atoms with van der Waals surface area (Å²) in [6.45, 7) is 3.50. The molecular formula is C21H27ClN2O5S. The Balaban J connectivity index is 2.23. The van der Waals surface area contributed by atoms with E-state index < -0.39 is 15.9 Å².